The smallest absolute Gasteiger partial charge is 0.126 e. The van der Waals surface area contributed by atoms with Gasteiger partial charge in [0.2, 0.25) is 0 Å². The van der Waals surface area contributed by atoms with Crippen LogP contribution >= 0.6 is 0 Å². The number of likely N-dealkylation sites (N-methyl/N-ethyl adjacent to an activating group) is 3. The van der Waals surface area contributed by atoms with Crippen molar-refractivity contribution in [3.63, 3.8) is 0 Å². The lowest BCUT2D eigenvalue weighted by Crippen LogP contribution is -3.00. The van der Waals surface area contributed by atoms with Crippen LogP contribution in [-0.2, 0) is 33.2 Å². The fraction of sp³-hybridized carbons (Fsp3) is 1.00. The highest BCUT2D eigenvalue weighted by Gasteiger charge is 2.22. The van der Waals surface area contributed by atoms with Crippen molar-refractivity contribution in [2.75, 3.05) is 170 Å². The average Bonchev–Trinajstić information content (AvgIpc) is 2.93. The summed E-state index contributed by atoms with van der Waals surface area (Å²) in [7, 11) is 21.2. The molecule has 0 aromatic heterocycles. The minimum absolute atomic E-state index is 0. The van der Waals surface area contributed by atoms with Crippen LogP contribution in [-0.4, -0.2) is 257 Å². The quantitative estimate of drug-likeness (QED) is 0.0392. The van der Waals surface area contributed by atoms with E-state index in [1.807, 2.05) is 63.4 Å². The second kappa shape index (κ2) is 33.6. The number of aliphatic hydroxyl groups is 6. The topological polar surface area (TPSA) is 186 Å². The zero-order chi connectivity index (χ0) is 37.4. The van der Waals surface area contributed by atoms with Gasteiger partial charge in [-0.2, -0.15) is 0 Å². The summed E-state index contributed by atoms with van der Waals surface area (Å²) in [5.41, 5.74) is 0. The Labute approximate surface area is 326 Å². The molecule has 0 bridgehead atoms. The molecule has 6 N–H and O–H groups in total. The molecule has 0 aliphatic heterocycles. The highest BCUT2D eigenvalue weighted by atomic mass is 35.5. The summed E-state index contributed by atoms with van der Waals surface area (Å²) < 4.78 is 40.3. The molecule has 0 fully saturated rings. The summed E-state index contributed by atoms with van der Waals surface area (Å²) in [5, 5.41) is 56.7. The van der Waals surface area contributed by atoms with Crippen LogP contribution in [0.1, 0.15) is 0 Å². The maximum absolute atomic E-state index is 10.4. The molecule has 0 heterocycles. The van der Waals surface area contributed by atoms with Gasteiger partial charge in [0, 0.05) is 14.2 Å². The van der Waals surface area contributed by atoms with E-state index in [2.05, 4.69) is 0 Å². The molecule has 19 heteroatoms. The second-order valence-electron chi connectivity index (χ2n) is 15.3. The Morgan fingerprint density at radius 2 is 0.706 bits per heavy atom. The van der Waals surface area contributed by atoms with E-state index in [9.17, 15) is 15.3 Å². The molecule has 0 spiro atoms. The van der Waals surface area contributed by atoms with Gasteiger partial charge in [-0.25, -0.2) is 0 Å². The first-order chi connectivity index (χ1) is 22.1. The van der Waals surface area contributed by atoms with Gasteiger partial charge in [0.25, 0.3) is 0 Å². The van der Waals surface area contributed by atoms with Crippen LogP contribution in [0.3, 0.4) is 0 Å². The molecule has 16 nitrogen and oxygen atoms in total. The Balaban J connectivity index is -0.000000401. The fourth-order valence-electron chi connectivity index (χ4n) is 4.33. The van der Waals surface area contributed by atoms with Gasteiger partial charge in [0.05, 0.1) is 136 Å². The number of methoxy groups -OCH3 is 2. The van der Waals surface area contributed by atoms with Crippen LogP contribution in [0.15, 0.2) is 0 Å². The van der Waals surface area contributed by atoms with Crippen molar-refractivity contribution >= 4 is 0 Å². The van der Waals surface area contributed by atoms with E-state index in [-0.39, 0.29) is 109 Å². The fourth-order valence-corrected chi connectivity index (χ4v) is 4.33. The second-order valence-corrected chi connectivity index (χ2v) is 15.3. The Morgan fingerprint density at radius 1 is 0.392 bits per heavy atom. The summed E-state index contributed by atoms with van der Waals surface area (Å²) in [6.45, 7) is 3.04. The number of nitrogens with zero attached hydrogens (tertiary/aromatic N) is 3. The molecular formula is C32H74Cl3N3O13. The Hall–Kier alpha value is 0.230. The molecular weight excluding hydrogens is 741 g/mol. The zero-order valence-corrected chi connectivity index (χ0v) is 35.2. The number of aliphatic hydroxyl groups excluding tert-OH is 6. The normalized spacial score (nSPS) is 16.2. The highest BCUT2D eigenvalue weighted by molar-refractivity contribution is 4.64. The van der Waals surface area contributed by atoms with Crippen LogP contribution in [0.2, 0.25) is 0 Å². The van der Waals surface area contributed by atoms with E-state index >= 15 is 0 Å². The number of ether oxygens (including phenoxy) is 7. The Kier molecular flexibility index (Phi) is 39.8. The van der Waals surface area contributed by atoms with Gasteiger partial charge in [-0.15, -0.1) is 0 Å². The van der Waals surface area contributed by atoms with Gasteiger partial charge >= 0.3 is 0 Å². The van der Waals surface area contributed by atoms with Crippen LogP contribution in [0.5, 0.6) is 0 Å². The van der Waals surface area contributed by atoms with Crippen molar-refractivity contribution in [3.8, 4) is 0 Å². The standard InChI is InChI=1S/C25H58N3O8.C7H16O5.3ClH/c1-26(2,3)11-21(29)14-33-18-24(17-32-10)36-20-25(35-16-23(31)13-28(7,8)9)19-34-15-22(30)12-27(4,5)6;1-11-5-7(3-9)12-4-6(10)2-8;;;/h21-25,29-31H,11-20H2,1-10H3;6-10H,2-5H2,1H3;3*1H/q+3;;;;/p-3. The molecule has 7 unspecified atom stereocenters. The van der Waals surface area contributed by atoms with Gasteiger partial charge in [0.1, 0.15) is 62.4 Å². The summed E-state index contributed by atoms with van der Waals surface area (Å²) in [6.07, 6.45) is -3.91. The minimum Gasteiger partial charge on any atom is -1.00 e. The van der Waals surface area contributed by atoms with Gasteiger partial charge in [-0.05, 0) is 0 Å². The van der Waals surface area contributed by atoms with Crippen molar-refractivity contribution < 1.29 is 114 Å². The van der Waals surface area contributed by atoms with E-state index in [0.29, 0.717) is 39.7 Å². The zero-order valence-electron chi connectivity index (χ0n) is 33.0. The minimum atomic E-state index is -0.893. The lowest BCUT2D eigenvalue weighted by atomic mass is 10.3. The summed E-state index contributed by atoms with van der Waals surface area (Å²) in [5.74, 6) is 0. The van der Waals surface area contributed by atoms with E-state index in [0.717, 1.165) is 0 Å². The van der Waals surface area contributed by atoms with Gasteiger partial charge < -0.3 is 114 Å². The summed E-state index contributed by atoms with van der Waals surface area (Å²) in [6, 6.07) is 0. The maximum Gasteiger partial charge on any atom is 0.126 e. The molecule has 0 aliphatic rings. The summed E-state index contributed by atoms with van der Waals surface area (Å²) in [4.78, 5) is 0. The Morgan fingerprint density at radius 3 is 1.06 bits per heavy atom. The van der Waals surface area contributed by atoms with E-state index in [1.165, 1.54) is 7.11 Å². The maximum atomic E-state index is 10.4. The molecule has 0 radical (unpaired) electrons. The van der Waals surface area contributed by atoms with Crippen molar-refractivity contribution in [2.45, 2.75) is 42.7 Å². The lowest BCUT2D eigenvalue weighted by Gasteiger charge is -2.29. The molecule has 0 rings (SSSR count). The number of quaternary nitrogens is 3. The Bertz CT molecular complexity index is 752. The van der Waals surface area contributed by atoms with Crippen molar-refractivity contribution in [3.05, 3.63) is 0 Å². The third-order valence-corrected chi connectivity index (χ3v) is 6.19. The van der Waals surface area contributed by atoms with Crippen LogP contribution in [0.4, 0.5) is 0 Å². The predicted molar refractivity (Wildman–Crippen MR) is 182 cm³/mol. The SMILES string of the molecule is COCC(CO)OCC(O)CO.COCC(COCC(O)C[N+](C)(C)C)OCC(COCC(O)C[N+](C)(C)C)OCC(O)C[N+](C)(C)C.[Cl-].[Cl-].[Cl-]. The van der Waals surface area contributed by atoms with Crippen molar-refractivity contribution in [1.29, 1.82) is 0 Å². The van der Waals surface area contributed by atoms with E-state index in [1.54, 1.807) is 7.11 Å². The number of hydrogen-bond donors (Lipinski definition) is 6. The third kappa shape index (κ3) is 42.8. The molecule has 0 aromatic rings. The molecule has 0 aliphatic carbocycles. The molecule has 51 heavy (non-hydrogen) atoms. The first kappa shape index (κ1) is 60.5. The van der Waals surface area contributed by atoms with Gasteiger partial charge in [-0.3, -0.25) is 0 Å². The van der Waals surface area contributed by atoms with E-state index in [4.69, 9.17) is 48.5 Å². The largest absolute Gasteiger partial charge is 1.00 e. The van der Waals surface area contributed by atoms with Crippen LogP contribution in [0.25, 0.3) is 0 Å². The van der Waals surface area contributed by atoms with Gasteiger partial charge in [0.15, 0.2) is 0 Å². The van der Waals surface area contributed by atoms with Crippen LogP contribution < -0.4 is 37.2 Å². The number of halogens is 3. The van der Waals surface area contributed by atoms with Crippen LogP contribution in [0, 0.1) is 0 Å². The van der Waals surface area contributed by atoms with Crippen molar-refractivity contribution in [2.24, 2.45) is 0 Å². The molecule has 7 atom stereocenters. The molecule has 0 amide bonds. The summed E-state index contributed by atoms with van der Waals surface area (Å²) >= 11 is 0. The third-order valence-electron chi connectivity index (χ3n) is 6.19. The first-order valence-corrected chi connectivity index (χ1v) is 16.5. The highest BCUT2D eigenvalue weighted by Crippen LogP contribution is 2.06. The molecule has 0 saturated carbocycles. The molecule has 316 valence electrons. The average molecular weight is 815 g/mol. The molecule has 0 saturated heterocycles. The predicted octanol–water partition coefficient (Wildman–Crippen LogP) is -12.0. The number of rotatable bonds is 29. The van der Waals surface area contributed by atoms with Gasteiger partial charge in [-0.1, -0.05) is 0 Å². The lowest BCUT2D eigenvalue weighted by molar-refractivity contribution is -0.873. The number of hydrogen-bond acceptors (Lipinski definition) is 13. The monoisotopic (exact) mass is 813 g/mol. The van der Waals surface area contributed by atoms with E-state index < -0.39 is 36.6 Å². The molecule has 0 aromatic carbocycles. The first-order valence-electron chi connectivity index (χ1n) is 16.5. The van der Waals surface area contributed by atoms with Crippen molar-refractivity contribution in [1.82, 2.24) is 0 Å².